The lowest BCUT2D eigenvalue weighted by Gasteiger charge is -2.14. The fraction of sp³-hybridized carbons (Fsp3) is 0.273. The lowest BCUT2D eigenvalue weighted by atomic mass is 10.1. The topological polar surface area (TPSA) is 89.5 Å². The van der Waals surface area contributed by atoms with E-state index in [-0.39, 0.29) is 24.4 Å². The summed E-state index contributed by atoms with van der Waals surface area (Å²) in [4.78, 5) is 48.8. The highest BCUT2D eigenvalue weighted by Gasteiger charge is 2.19. The Morgan fingerprint density at radius 3 is 2.31 bits per heavy atom. The van der Waals surface area contributed by atoms with E-state index in [4.69, 9.17) is 4.74 Å². The van der Waals surface area contributed by atoms with Gasteiger partial charge in [0.1, 0.15) is 0 Å². The van der Waals surface area contributed by atoms with Crippen molar-refractivity contribution in [1.82, 2.24) is 0 Å². The van der Waals surface area contributed by atoms with Gasteiger partial charge in [-0.2, -0.15) is 0 Å². The lowest BCUT2D eigenvalue weighted by molar-refractivity contribution is -0.153. The first-order chi connectivity index (χ1) is 13.8. The number of benzene rings is 2. The van der Waals surface area contributed by atoms with E-state index in [1.54, 1.807) is 48.2 Å². The summed E-state index contributed by atoms with van der Waals surface area (Å²) in [6.45, 7) is 2.88. The molecule has 2 aromatic carbocycles. The van der Waals surface area contributed by atoms with Gasteiger partial charge >= 0.3 is 5.97 Å². The van der Waals surface area contributed by atoms with Crippen molar-refractivity contribution < 1.29 is 23.9 Å². The van der Waals surface area contributed by atoms with Gasteiger partial charge in [0.15, 0.2) is 17.7 Å². The zero-order valence-corrected chi connectivity index (χ0v) is 17.4. The third kappa shape index (κ3) is 6.87. The molecular weight excluding hydrogens is 390 g/mol. The van der Waals surface area contributed by atoms with Gasteiger partial charge in [-0.25, -0.2) is 0 Å². The molecule has 2 aromatic rings. The number of ether oxygens (including phenoxy) is 1. The minimum Gasteiger partial charge on any atom is -0.453 e. The molecular formula is C22H23NO5S. The second-order valence-corrected chi connectivity index (χ2v) is 7.29. The van der Waals surface area contributed by atoms with E-state index in [1.807, 2.05) is 18.4 Å². The zero-order chi connectivity index (χ0) is 21.4. The van der Waals surface area contributed by atoms with Crippen LogP contribution in [0, 0.1) is 0 Å². The van der Waals surface area contributed by atoms with Gasteiger partial charge in [-0.15, -0.1) is 11.8 Å². The van der Waals surface area contributed by atoms with Crippen LogP contribution in [-0.2, 0) is 14.3 Å². The Balaban J connectivity index is 1.83. The first kappa shape index (κ1) is 22.4. The van der Waals surface area contributed by atoms with Gasteiger partial charge in [-0.1, -0.05) is 24.3 Å². The van der Waals surface area contributed by atoms with Gasteiger partial charge < -0.3 is 10.1 Å². The van der Waals surface area contributed by atoms with Crippen LogP contribution in [-0.4, -0.2) is 35.8 Å². The number of esters is 1. The number of hydrogen-bond donors (Lipinski definition) is 1. The molecule has 0 spiro atoms. The summed E-state index contributed by atoms with van der Waals surface area (Å²) in [6, 6.07) is 13.6. The third-order valence-corrected chi connectivity index (χ3v) is 4.93. The van der Waals surface area contributed by atoms with Crippen LogP contribution >= 0.6 is 11.8 Å². The summed E-state index contributed by atoms with van der Waals surface area (Å²) in [5.74, 6) is -1.42. The molecule has 0 heterocycles. The average molecular weight is 413 g/mol. The SMILES string of the molecule is CSc1ccc(C(=O)CCC(=O)O[C@H](C)C(=O)Nc2cccc(C(C)=O)c2)cc1. The van der Waals surface area contributed by atoms with Gasteiger partial charge in [0.2, 0.25) is 0 Å². The molecule has 1 amide bonds. The monoisotopic (exact) mass is 413 g/mol. The highest BCUT2D eigenvalue weighted by atomic mass is 32.2. The maximum atomic E-state index is 12.2. The Morgan fingerprint density at radius 2 is 1.69 bits per heavy atom. The van der Waals surface area contributed by atoms with E-state index >= 15 is 0 Å². The van der Waals surface area contributed by atoms with E-state index in [9.17, 15) is 19.2 Å². The van der Waals surface area contributed by atoms with Crippen molar-refractivity contribution in [3.05, 3.63) is 59.7 Å². The van der Waals surface area contributed by atoms with Gasteiger partial charge in [0.05, 0.1) is 6.42 Å². The van der Waals surface area contributed by atoms with E-state index in [2.05, 4.69) is 5.32 Å². The van der Waals surface area contributed by atoms with E-state index < -0.39 is 18.0 Å². The van der Waals surface area contributed by atoms with Gasteiger partial charge in [-0.3, -0.25) is 19.2 Å². The Labute approximate surface area is 174 Å². The van der Waals surface area contributed by atoms with Gasteiger partial charge in [-0.05, 0) is 44.4 Å². The van der Waals surface area contributed by atoms with Crippen molar-refractivity contribution in [2.75, 3.05) is 11.6 Å². The predicted octanol–water partition coefficient (Wildman–Crippen LogP) is 4.14. The summed E-state index contributed by atoms with van der Waals surface area (Å²) < 4.78 is 5.11. The van der Waals surface area contributed by atoms with Crippen molar-refractivity contribution in [3.63, 3.8) is 0 Å². The molecule has 0 saturated carbocycles. The quantitative estimate of drug-likeness (QED) is 0.377. The smallest absolute Gasteiger partial charge is 0.307 e. The summed E-state index contributed by atoms with van der Waals surface area (Å²) in [5, 5.41) is 2.61. The number of carbonyl (C=O) groups excluding carboxylic acids is 4. The summed E-state index contributed by atoms with van der Waals surface area (Å²) in [6.07, 6.45) is 0.816. The number of ketones is 2. The van der Waals surface area contributed by atoms with Crippen molar-refractivity contribution >= 4 is 40.9 Å². The highest BCUT2D eigenvalue weighted by molar-refractivity contribution is 7.98. The molecule has 0 fully saturated rings. The van der Waals surface area contributed by atoms with Crippen molar-refractivity contribution in [3.8, 4) is 0 Å². The molecule has 0 radical (unpaired) electrons. The van der Waals surface area contributed by atoms with Crippen LogP contribution in [0.15, 0.2) is 53.4 Å². The van der Waals surface area contributed by atoms with Crippen molar-refractivity contribution in [1.29, 1.82) is 0 Å². The lowest BCUT2D eigenvalue weighted by Crippen LogP contribution is -2.30. The maximum Gasteiger partial charge on any atom is 0.307 e. The number of thioether (sulfide) groups is 1. The van der Waals surface area contributed by atoms with Crippen molar-refractivity contribution in [2.24, 2.45) is 0 Å². The molecule has 0 aliphatic rings. The van der Waals surface area contributed by atoms with Crippen LogP contribution in [0.3, 0.4) is 0 Å². The number of hydrogen-bond acceptors (Lipinski definition) is 6. The zero-order valence-electron chi connectivity index (χ0n) is 16.6. The number of anilines is 1. The molecule has 29 heavy (non-hydrogen) atoms. The molecule has 152 valence electrons. The Morgan fingerprint density at radius 1 is 1.00 bits per heavy atom. The summed E-state index contributed by atoms with van der Waals surface area (Å²) in [5.41, 5.74) is 1.44. The second-order valence-electron chi connectivity index (χ2n) is 6.41. The minimum absolute atomic E-state index is 0.00639. The molecule has 6 nitrogen and oxygen atoms in total. The normalized spacial score (nSPS) is 11.4. The standard InChI is InChI=1S/C22H23NO5S/c1-14(24)17-5-4-6-18(13-17)23-22(27)15(2)28-21(26)12-11-20(25)16-7-9-19(29-3)10-8-16/h4-10,13,15H,11-12H2,1-3H3,(H,23,27)/t15-/m1/s1. The number of amides is 1. The minimum atomic E-state index is -1.03. The van der Waals surface area contributed by atoms with Crippen LogP contribution in [0.2, 0.25) is 0 Å². The van der Waals surface area contributed by atoms with Gasteiger partial charge in [0, 0.05) is 28.1 Å². The first-order valence-electron chi connectivity index (χ1n) is 9.08. The van der Waals surface area contributed by atoms with E-state index in [1.165, 1.54) is 13.8 Å². The fourth-order valence-electron chi connectivity index (χ4n) is 2.51. The molecule has 2 rings (SSSR count). The Hall–Kier alpha value is -2.93. The van der Waals surface area contributed by atoms with Crippen LogP contribution in [0.5, 0.6) is 0 Å². The predicted molar refractivity (Wildman–Crippen MR) is 112 cm³/mol. The van der Waals surface area contributed by atoms with E-state index in [0.717, 1.165) is 4.90 Å². The van der Waals surface area contributed by atoms with Gasteiger partial charge in [0.25, 0.3) is 5.91 Å². The summed E-state index contributed by atoms with van der Waals surface area (Å²) in [7, 11) is 0. The van der Waals surface area contributed by atoms with Crippen LogP contribution in [0.1, 0.15) is 47.4 Å². The highest BCUT2D eigenvalue weighted by Crippen LogP contribution is 2.16. The van der Waals surface area contributed by atoms with Crippen molar-refractivity contribution in [2.45, 2.75) is 37.7 Å². The molecule has 0 aliphatic carbocycles. The number of nitrogens with one attached hydrogen (secondary N) is 1. The average Bonchev–Trinajstić information content (AvgIpc) is 2.72. The Bertz CT molecular complexity index is 908. The van der Waals surface area contributed by atoms with E-state index in [0.29, 0.717) is 16.8 Å². The second kappa shape index (κ2) is 10.6. The molecule has 0 unspecified atom stereocenters. The first-order valence-corrected chi connectivity index (χ1v) is 10.3. The largest absolute Gasteiger partial charge is 0.453 e. The Kier molecular flexibility index (Phi) is 8.15. The summed E-state index contributed by atoms with van der Waals surface area (Å²) >= 11 is 1.58. The van der Waals surface area contributed by atoms with Crippen LogP contribution < -0.4 is 5.32 Å². The molecule has 0 saturated heterocycles. The third-order valence-electron chi connectivity index (χ3n) is 4.18. The maximum absolute atomic E-state index is 12.2. The van der Waals surface area contributed by atoms with Crippen LogP contribution in [0.4, 0.5) is 5.69 Å². The number of Topliss-reactive ketones (excluding diaryl/α,β-unsaturated/α-hetero) is 2. The number of carbonyl (C=O) groups is 4. The molecule has 0 aliphatic heterocycles. The molecule has 0 bridgehead atoms. The molecule has 1 atom stereocenters. The molecule has 0 aromatic heterocycles. The molecule has 7 heteroatoms. The van der Waals surface area contributed by atoms with Crippen LogP contribution in [0.25, 0.3) is 0 Å². The fourth-order valence-corrected chi connectivity index (χ4v) is 2.91. The number of rotatable bonds is 9. The molecule has 1 N–H and O–H groups in total.